The number of hydrogen-bond donors (Lipinski definition) is 2. The first-order chi connectivity index (χ1) is 33.9. The fraction of sp³-hybridized carbons (Fsp3) is 0.446. The molecule has 1 saturated carbocycles. The van der Waals surface area contributed by atoms with Crippen LogP contribution in [0.2, 0.25) is 0 Å². The molecule has 4 aromatic rings. The minimum absolute atomic E-state index is 0.0131. The number of fused-ring (bicyclic) bond motifs is 3. The standard InChI is InChI=1S/C56H66N2O11/c1-4-6-30-65-55(62)58(36-40-19-15-18-38-16-7-8-20-44(38)40)51-35-48(57-69-52-22-11-14-31-64-52)46-33-39(17-9-12-27-59)45(21-10-13-28-60)53-47-34-43(67-42-23-25-49(63-3)41(32-42)37-61)24-26-50(47)68-56(51,54(46)53)66-29-5-2/h4-5,7-8,15-16,18-20,23-26,32-34,37,39,45,51-54,59-60H,1-2,6,9-14,17,21-22,27-31,35-36H2,3H3/t39-,45+,51-,52?,53+,54+,56+/m0/s1. The molecule has 2 N–H and O–H groups in total. The fourth-order valence-electron chi connectivity index (χ4n) is 10.9. The van der Waals surface area contributed by atoms with Crippen molar-refractivity contribution < 1.29 is 53.1 Å². The van der Waals surface area contributed by atoms with Crippen LogP contribution in [0.4, 0.5) is 4.79 Å². The van der Waals surface area contributed by atoms with Crippen LogP contribution in [0.5, 0.6) is 23.0 Å². The predicted molar refractivity (Wildman–Crippen MR) is 264 cm³/mol. The van der Waals surface area contributed by atoms with E-state index in [-0.39, 0.29) is 57.1 Å². The fourth-order valence-corrected chi connectivity index (χ4v) is 10.9. The second-order valence-corrected chi connectivity index (χ2v) is 18.3. The minimum atomic E-state index is -1.53. The van der Waals surface area contributed by atoms with Crippen molar-refractivity contribution in [1.29, 1.82) is 0 Å². The van der Waals surface area contributed by atoms with E-state index in [9.17, 15) is 15.0 Å². The number of amides is 1. The summed E-state index contributed by atoms with van der Waals surface area (Å²) < 4.78 is 38.8. The molecular formula is C56H66N2O11. The Bertz CT molecular complexity index is 2480. The van der Waals surface area contributed by atoms with Crippen LogP contribution >= 0.6 is 0 Å². The van der Waals surface area contributed by atoms with E-state index in [1.54, 1.807) is 35.3 Å². The van der Waals surface area contributed by atoms with Crippen molar-refractivity contribution in [2.24, 2.45) is 22.9 Å². The van der Waals surface area contributed by atoms with Crippen molar-refractivity contribution in [3.05, 3.63) is 133 Å². The van der Waals surface area contributed by atoms with Crippen molar-refractivity contribution in [2.45, 2.75) is 101 Å². The molecule has 1 saturated heterocycles. The summed E-state index contributed by atoms with van der Waals surface area (Å²) in [5, 5.41) is 27.2. The Balaban J connectivity index is 1.35. The number of allylic oxidation sites excluding steroid dienone is 1. The molecule has 69 heavy (non-hydrogen) atoms. The second kappa shape index (κ2) is 23.5. The van der Waals surface area contributed by atoms with Crippen molar-refractivity contribution >= 4 is 28.9 Å². The lowest BCUT2D eigenvalue weighted by Crippen LogP contribution is -2.70. The first-order valence-corrected chi connectivity index (χ1v) is 24.5. The summed E-state index contributed by atoms with van der Waals surface area (Å²) in [5.41, 5.74) is 3.71. The number of oxime groups is 1. The van der Waals surface area contributed by atoms with E-state index in [2.05, 4.69) is 37.4 Å². The number of rotatable bonds is 23. The average molecular weight is 943 g/mol. The predicted octanol–water partition coefficient (Wildman–Crippen LogP) is 10.8. The lowest BCUT2D eigenvalue weighted by atomic mass is 9.55. The highest BCUT2D eigenvalue weighted by molar-refractivity contribution is 6.03. The van der Waals surface area contributed by atoms with Crippen LogP contribution in [0, 0.1) is 17.8 Å². The van der Waals surface area contributed by atoms with Gasteiger partial charge >= 0.3 is 6.09 Å². The van der Waals surface area contributed by atoms with Crippen LogP contribution in [0.1, 0.15) is 98.0 Å². The van der Waals surface area contributed by atoms with Gasteiger partial charge < -0.3 is 43.5 Å². The van der Waals surface area contributed by atoms with E-state index in [0.717, 1.165) is 72.3 Å². The molecule has 1 unspecified atom stereocenters. The van der Waals surface area contributed by atoms with E-state index in [0.29, 0.717) is 66.6 Å². The lowest BCUT2D eigenvalue weighted by Gasteiger charge is -2.60. The second-order valence-electron chi connectivity index (χ2n) is 18.3. The summed E-state index contributed by atoms with van der Waals surface area (Å²) in [6.45, 7) is 9.05. The van der Waals surface area contributed by atoms with Crippen LogP contribution in [-0.2, 0) is 25.6 Å². The van der Waals surface area contributed by atoms with Crippen LogP contribution in [0.3, 0.4) is 0 Å². The van der Waals surface area contributed by atoms with Crippen molar-refractivity contribution in [3.8, 4) is 23.0 Å². The number of aliphatic hydroxyl groups excluding tert-OH is 2. The first-order valence-electron chi connectivity index (χ1n) is 24.5. The largest absolute Gasteiger partial charge is 0.496 e. The van der Waals surface area contributed by atoms with Crippen LogP contribution in [0.25, 0.3) is 10.8 Å². The Morgan fingerprint density at radius 3 is 2.51 bits per heavy atom. The van der Waals surface area contributed by atoms with E-state index >= 15 is 4.79 Å². The number of carbonyl (C=O) groups is 2. The molecule has 8 rings (SSSR count). The Morgan fingerprint density at radius 2 is 1.74 bits per heavy atom. The summed E-state index contributed by atoms with van der Waals surface area (Å²) >= 11 is 0. The summed E-state index contributed by atoms with van der Waals surface area (Å²) in [4.78, 5) is 35.2. The van der Waals surface area contributed by atoms with Gasteiger partial charge in [-0.25, -0.2) is 4.79 Å². The Hall–Kier alpha value is -5.99. The molecule has 1 amide bonds. The summed E-state index contributed by atoms with van der Waals surface area (Å²) in [6.07, 6.45) is 13.0. The topological polar surface area (TPSA) is 155 Å². The molecule has 2 aliphatic heterocycles. The number of hydrogen-bond acceptors (Lipinski definition) is 12. The van der Waals surface area contributed by atoms with Crippen LogP contribution in [0.15, 0.2) is 121 Å². The SMILES string of the molecule is C=CCCOC(=O)N(Cc1cccc2ccccc12)[C@H]1CC(=NOC2CCCCO2)C2=C[C@H](CCCCO)[C@@H](CCCCO)[C@@H]3c4cc(Oc5ccc(OC)c(C=O)c5)ccc4O[C@@]1(OCC=C)[C@H]23. The summed E-state index contributed by atoms with van der Waals surface area (Å²) in [6, 6.07) is 24.2. The lowest BCUT2D eigenvalue weighted by molar-refractivity contribution is -0.256. The van der Waals surface area contributed by atoms with Gasteiger partial charge in [0.2, 0.25) is 12.1 Å². The molecule has 366 valence electrons. The molecule has 0 bridgehead atoms. The van der Waals surface area contributed by atoms with Crippen molar-refractivity contribution in [2.75, 3.05) is 40.1 Å². The minimum Gasteiger partial charge on any atom is -0.496 e. The van der Waals surface area contributed by atoms with Gasteiger partial charge in [0.15, 0.2) is 6.29 Å². The molecule has 2 aliphatic carbocycles. The normalized spacial score (nSPS) is 24.2. The number of ether oxygens (including phenoxy) is 6. The Morgan fingerprint density at radius 1 is 0.942 bits per heavy atom. The number of aldehydes is 1. The average Bonchev–Trinajstić information content (AvgIpc) is 3.38. The van der Waals surface area contributed by atoms with Crippen molar-refractivity contribution in [3.63, 3.8) is 0 Å². The van der Waals surface area contributed by atoms with Gasteiger partial charge in [0.05, 0.1) is 50.7 Å². The molecule has 0 radical (unpaired) electrons. The highest BCUT2D eigenvalue weighted by Crippen LogP contribution is 2.62. The number of benzene rings is 4. The molecule has 2 heterocycles. The van der Waals surface area contributed by atoms with Gasteiger partial charge in [0, 0.05) is 37.5 Å². The van der Waals surface area contributed by atoms with Gasteiger partial charge in [-0.15, -0.1) is 13.2 Å². The third-order valence-corrected chi connectivity index (χ3v) is 14.0. The van der Waals surface area contributed by atoms with Crippen LogP contribution in [-0.4, -0.2) is 91.5 Å². The molecule has 2 fully saturated rings. The summed E-state index contributed by atoms with van der Waals surface area (Å²) in [7, 11) is 1.52. The van der Waals surface area contributed by atoms with Crippen LogP contribution < -0.4 is 14.2 Å². The molecule has 7 atom stereocenters. The summed E-state index contributed by atoms with van der Waals surface area (Å²) in [5.74, 6) is -0.418. The Labute approximate surface area is 405 Å². The third-order valence-electron chi connectivity index (χ3n) is 14.0. The number of unbranched alkanes of at least 4 members (excludes halogenated alkanes) is 2. The van der Waals surface area contributed by atoms with Gasteiger partial charge in [-0.05, 0) is 115 Å². The molecule has 13 heteroatoms. The van der Waals surface area contributed by atoms with Gasteiger partial charge in [0.25, 0.3) is 0 Å². The van der Waals surface area contributed by atoms with E-state index < -0.39 is 30.1 Å². The van der Waals surface area contributed by atoms with Gasteiger partial charge in [-0.2, -0.15) is 0 Å². The molecule has 0 aromatic heterocycles. The molecule has 4 aromatic carbocycles. The number of nitrogens with zero attached hydrogens (tertiary/aromatic N) is 2. The smallest absolute Gasteiger partial charge is 0.410 e. The molecule has 0 spiro atoms. The highest BCUT2D eigenvalue weighted by Gasteiger charge is 2.66. The van der Waals surface area contributed by atoms with Gasteiger partial charge in [0.1, 0.15) is 29.0 Å². The van der Waals surface area contributed by atoms with E-state index in [1.165, 1.54) is 7.11 Å². The number of carbonyl (C=O) groups excluding carboxylic acids is 2. The number of methoxy groups -OCH3 is 1. The quantitative estimate of drug-likeness (QED) is 0.0316. The zero-order valence-electron chi connectivity index (χ0n) is 39.7. The maximum atomic E-state index is 15.0. The zero-order valence-corrected chi connectivity index (χ0v) is 39.7. The third kappa shape index (κ3) is 10.9. The monoisotopic (exact) mass is 942 g/mol. The first kappa shape index (κ1) is 49.4. The van der Waals surface area contributed by atoms with Gasteiger partial charge in [-0.3, -0.25) is 9.69 Å². The molecule has 4 aliphatic rings. The Kier molecular flexibility index (Phi) is 16.9. The molecule has 13 nitrogen and oxygen atoms in total. The highest BCUT2D eigenvalue weighted by atomic mass is 16.8. The van der Waals surface area contributed by atoms with E-state index in [4.69, 9.17) is 38.4 Å². The number of aliphatic hydroxyl groups is 2. The maximum Gasteiger partial charge on any atom is 0.410 e. The maximum absolute atomic E-state index is 15.0. The van der Waals surface area contributed by atoms with E-state index in [1.807, 2.05) is 42.5 Å². The zero-order chi connectivity index (χ0) is 48.2. The molecular weight excluding hydrogens is 877 g/mol. The van der Waals surface area contributed by atoms with Crippen molar-refractivity contribution in [1.82, 2.24) is 4.90 Å². The van der Waals surface area contributed by atoms with Gasteiger partial charge in [-0.1, -0.05) is 78.7 Å².